The number of rotatable bonds is 6. The van der Waals surface area contributed by atoms with E-state index in [-0.39, 0.29) is 17.2 Å². The van der Waals surface area contributed by atoms with Gasteiger partial charge < -0.3 is 10.4 Å². The van der Waals surface area contributed by atoms with Gasteiger partial charge in [-0.2, -0.15) is 0 Å². The van der Waals surface area contributed by atoms with Gasteiger partial charge >= 0.3 is 5.97 Å². The van der Waals surface area contributed by atoms with Crippen LogP contribution >= 0.6 is 11.3 Å². The van der Waals surface area contributed by atoms with Gasteiger partial charge in [0, 0.05) is 10.4 Å². The van der Waals surface area contributed by atoms with Crippen LogP contribution in [0.15, 0.2) is 54.6 Å². The van der Waals surface area contributed by atoms with Gasteiger partial charge in [-0.15, -0.1) is 11.3 Å². The summed E-state index contributed by atoms with van der Waals surface area (Å²) in [6.45, 7) is 4.01. The average molecular weight is 365 g/mol. The van der Waals surface area contributed by atoms with Crippen molar-refractivity contribution in [3.05, 3.63) is 76.2 Å². The zero-order valence-electron chi connectivity index (χ0n) is 14.6. The summed E-state index contributed by atoms with van der Waals surface area (Å²) in [5, 5.41) is 12.5. The molecule has 0 saturated heterocycles. The highest BCUT2D eigenvalue weighted by Gasteiger charge is 2.17. The van der Waals surface area contributed by atoms with Crippen molar-refractivity contribution in [2.45, 2.75) is 13.8 Å². The van der Waals surface area contributed by atoms with Gasteiger partial charge in [-0.25, -0.2) is 4.79 Å². The minimum atomic E-state index is -1.00. The monoisotopic (exact) mass is 365 g/mol. The maximum absolute atomic E-state index is 12.4. The standard InChI is InChI=1S/C21H19NO3S/c1-13-8-9-16(10-14(13)2)18(23)12-22-17-11-19(26-20(17)21(24)25)15-6-4-3-5-7-15/h3-11,22H,12H2,1-2H3,(H,24,25). The molecule has 0 saturated carbocycles. The Hall–Kier alpha value is -2.92. The molecule has 1 aromatic heterocycles. The minimum absolute atomic E-state index is 0.0493. The van der Waals surface area contributed by atoms with E-state index in [4.69, 9.17) is 0 Å². The number of ketones is 1. The molecule has 2 N–H and O–H groups in total. The first-order valence-corrected chi connectivity index (χ1v) is 9.04. The molecule has 0 aliphatic heterocycles. The maximum atomic E-state index is 12.4. The molecule has 0 aliphatic carbocycles. The number of thiophene rings is 1. The first-order chi connectivity index (χ1) is 12.5. The fourth-order valence-corrected chi connectivity index (χ4v) is 3.60. The topological polar surface area (TPSA) is 66.4 Å². The fourth-order valence-electron chi connectivity index (χ4n) is 2.62. The van der Waals surface area contributed by atoms with E-state index in [1.54, 1.807) is 12.1 Å². The zero-order valence-corrected chi connectivity index (χ0v) is 15.4. The van der Waals surface area contributed by atoms with Crippen LogP contribution in [0.3, 0.4) is 0 Å². The molecule has 3 rings (SSSR count). The highest BCUT2D eigenvalue weighted by atomic mass is 32.1. The molecular weight excluding hydrogens is 346 g/mol. The van der Waals surface area contributed by atoms with Gasteiger partial charge in [-0.3, -0.25) is 4.79 Å². The molecule has 0 amide bonds. The minimum Gasteiger partial charge on any atom is -0.477 e. The van der Waals surface area contributed by atoms with Gasteiger partial charge in [-0.1, -0.05) is 42.5 Å². The lowest BCUT2D eigenvalue weighted by atomic mass is 10.0. The number of carboxylic acid groups (broad SMARTS) is 1. The van der Waals surface area contributed by atoms with Gasteiger partial charge in [0.1, 0.15) is 4.88 Å². The fraction of sp³-hybridized carbons (Fsp3) is 0.143. The number of anilines is 1. The Morgan fingerprint density at radius 2 is 1.73 bits per heavy atom. The Bertz CT molecular complexity index is 961. The van der Waals surface area contributed by atoms with Crippen molar-refractivity contribution in [1.29, 1.82) is 0 Å². The van der Waals surface area contributed by atoms with E-state index >= 15 is 0 Å². The predicted octanol–water partition coefficient (Wildman–Crippen LogP) is 5.02. The normalized spacial score (nSPS) is 10.5. The molecule has 4 nitrogen and oxygen atoms in total. The molecule has 26 heavy (non-hydrogen) atoms. The number of carbonyl (C=O) groups is 2. The second kappa shape index (κ2) is 7.54. The molecule has 0 aliphatic rings. The summed E-state index contributed by atoms with van der Waals surface area (Å²) < 4.78 is 0. The highest BCUT2D eigenvalue weighted by Crippen LogP contribution is 2.34. The van der Waals surface area contributed by atoms with E-state index in [0.717, 1.165) is 21.6 Å². The molecule has 1 heterocycles. The third-order valence-electron chi connectivity index (χ3n) is 4.25. The molecule has 0 atom stereocenters. The van der Waals surface area contributed by atoms with Crippen molar-refractivity contribution in [3.63, 3.8) is 0 Å². The summed E-state index contributed by atoms with van der Waals surface area (Å²) in [6.07, 6.45) is 0. The van der Waals surface area contributed by atoms with E-state index in [0.29, 0.717) is 11.3 Å². The van der Waals surface area contributed by atoms with Crippen molar-refractivity contribution in [1.82, 2.24) is 0 Å². The highest BCUT2D eigenvalue weighted by molar-refractivity contribution is 7.18. The van der Waals surface area contributed by atoms with Crippen LogP contribution in [0.4, 0.5) is 5.69 Å². The third kappa shape index (κ3) is 3.83. The first kappa shape index (κ1) is 17.9. The van der Waals surface area contributed by atoms with E-state index in [2.05, 4.69) is 5.32 Å². The SMILES string of the molecule is Cc1ccc(C(=O)CNc2cc(-c3ccccc3)sc2C(=O)O)cc1C. The van der Waals surface area contributed by atoms with E-state index < -0.39 is 5.97 Å². The molecule has 0 unspecified atom stereocenters. The quantitative estimate of drug-likeness (QED) is 0.602. The second-order valence-corrected chi connectivity index (χ2v) is 7.15. The Morgan fingerprint density at radius 3 is 2.38 bits per heavy atom. The molecule has 0 radical (unpaired) electrons. The molecule has 0 spiro atoms. The first-order valence-electron chi connectivity index (χ1n) is 8.22. The summed E-state index contributed by atoms with van der Waals surface area (Å²) in [6, 6.07) is 17.0. The number of nitrogens with one attached hydrogen (secondary N) is 1. The smallest absolute Gasteiger partial charge is 0.348 e. The van der Waals surface area contributed by atoms with Crippen molar-refractivity contribution < 1.29 is 14.7 Å². The Morgan fingerprint density at radius 1 is 1.00 bits per heavy atom. The van der Waals surface area contributed by atoms with E-state index in [9.17, 15) is 14.7 Å². The molecule has 2 aromatic carbocycles. The maximum Gasteiger partial charge on any atom is 0.348 e. The summed E-state index contributed by atoms with van der Waals surface area (Å²) in [5.41, 5.74) is 4.24. The average Bonchev–Trinajstić information content (AvgIpc) is 3.07. The summed E-state index contributed by atoms with van der Waals surface area (Å²) >= 11 is 1.20. The van der Waals surface area contributed by atoms with Gasteiger partial charge in [0.05, 0.1) is 12.2 Å². The van der Waals surface area contributed by atoms with E-state index in [1.165, 1.54) is 11.3 Å². The number of carboxylic acids is 1. The van der Waals surface area contributed by atoms with Crippen molar-refractivity contribution in [2.24, 2.45) is 0 Å². The van der Waals surface area contributed by atoms with Crippen molar-refractivity contribution in [2.75, 3.05) is 11.9 Å². The number of hydrogen-bond donors (Lipinski definition) is 2. The largest absolute Gasteiger partial charge is 0.477 e. The lowest BCUT2D eigenvalue weighted by Crippen LogP contribution is -2.15. The van der Waals surface area contributed by atoms with Crippen LogP contribution in [-0.2, 0) is 0 Å². The van der Waals surface area contributed by atoms with Crippen LogP contribution in [0.5, 0.6) is 0 Å². The summed E-state index contributed by atoms with van der Waals surface area (Å²) in [7, 11) is 0. The lowest BCUT2D eigenvalue weighted by Gasteiger charge is -2.07. The van der Waals surface area contributed by atoms with Crippen LogP contribution in [0, 0.1) is 13.8 Å². The molecule has 5 heteroatoms. The number of aromatic carboxylic acids is 1. The number of carbonyl (C=O) groups excluding carboxylic acids is 1. The molecular formula is C21H19NO3S. The van der Waals surface area contributed by atoms with Crippen LogP contribution < -0.4 is 5.32 Å². The molecule has 132 valence electrons. The molecule has 0 fully saturated rings. The van der Waals surface area contributed by atoms with Gasteiger partial charge in [0.2, 0.25) is 0 Å². The zero-order chi connectivity index (χ0) is 18.7. The van der Waals surface area contributed by atoms with Crippen LogP contribution in [0.2, 0.25) is 0 Å². The van der Waals surface area contributed by atoms with Gasteiger partial charge in [0.15, 0.2) is 5.78 Å². The van der Waals surface area contributed by atoms with E-state index in [1.807, 2.05) is 56.3 Å². The van der Waals surface area contributed by atoms with Crippen LogP contribution in [0.25, 0.3) is 10.4 Å². The van der Waals surface area contributed by atoms with Gasteiger partial charge in [0.25, 0.3) is 0 Å². The summed E-state index contributed by atoms with van der Waals surface area (Å²) in [4.78, 5) is 25.0. The van der Waals surface area contributed by atoms with Crippen molar-refractivity contribution in [3.8, 4) is 10.4 Å². The Balaban J connectivity index is 1.80. The number of hydrogen-bond acceptors (Lipinski definition) is 4. The Labute approximate surface area is 156 Å². The third-order valence-corrected chi connectivity index (χ3v) is 5.43. The van der Waals surface area contributed by atoms with Crippen LogP contribution in [0.1, 0.15) is 31.2 Å². The predicted molar refractivity (Wildman–Crippen MR) is 105 cm³/mol. The lowest BCUT2D eigenvalue weighted by molar-refractivity contribution is 0.0702. The van der Waals surface area contributed by atoms with Gasteiger partial charge in [-0.05, 0) is 42.7 Å². The second-order valence-electron chi connectivity index (χ2n) is 6.10. The van der Waals surface area contributed by atoms with Crippen LogP contribution in [-0.4, -0.2) is 23.4 Å². The molecule has 3 aromatic rings. The molecule has 0 bridgehead atoms. The number of aryl methyl sites for hydroxylation is 2. The van der Waals surface area contributed by atoms with Crippen molar-refractivity contribution >= 4 is 28.8 Å². The Kier molecular flexibility index (Phi) is 5.19. The summed E-state index contributed by atoms with van der Waals surface area (Å²) in [5.74, 6) is -1.07. The number of benzene rings is 2. The number of Topliss-reactive ketones (excluding diaryl/α,β-unsaturated/α-hetero) is 1.